The second-order valence-corrected chi connectivity index (χ2v) is 13.0. The predicted molar refractivity (Wildman–Crippen MR) is 138 cm³/mol. The van der Waals surface area contributed by atoms with E-state index in [0.717, 1.165) is 36.9 Å². The Morgan fingerprint density at radius 3 is 2.64 bits per heavy atom. The standard InChI is InChI=1S/C30H34FN3O5/c1-28-12-17-14-33-34(19-6-8-24(31)32-15-19)22(17)11-18(28)5-7-20-21-9-10-30(27(37)38,39-26(36)16-3-4-16)29(21,2)13-23(35)25(20)28/h6,8,11,14-16,20-21,23,25,35H,3-5,7,9-10,12-13H2,1-2H3,(H,37,38)/t20-,21-,23-,25+,28-,29-,30-/m0/s1. The Balaban J connectivity index is 1.23. The van der Waals surface area contributed by atoms with E-state index in [1.165, 1.54) is 17.8 Å². The molecule has 4 saturated carbocycles. The molecule has 0 radical (unpaired) electrons. The summed E-state index contributed by atoms with van der Waals surface area (Å²) in [6.07, 6.45) is 9.94. The van der Waals surface area contributed by atoms with Crippen molar-refractivity contribution in [1.29, 1.82) is 0 Å². The van der Waals surface area contributed by atoms with E-state index in [-0.39, 0.29) is 29.1 Å². The molecule has 0 aliphatic heterocycles. The molecule has 5 aliphatic carbocycles. The van der Waals surface area contributed by atoms with Crippen LogP contribution in [0.25, 0.3) is 11.8 Å². The minimum atomic E-state index is -1.59. The number of carbonyl (C=O) groups is 2. The normalized spacial score (nSPS) is 38.6. The number of aromatic nitrogens is 3. The molecule has 5 aliphatic rings. The highest BCUT2D eigenvalue weighted by Gasteiger charge is 2.71. The van der Waals surface area contributed by atoms with Crippen molar-refractivity contribution in [2.24, 2.45) is 34.5 Å². The first-order valence-electron chi connectivity index (χ1n) is 14.1. The summed E-state index contributed by atoms with van der Waals surface area (Å²) in [4.78, 5) is 29.3. The maximum atomic E-state index is 13.4. The van der Waals surface area contributed by atoms with Gasteiger partial charge < -0.3 is 14.9 Å². The number of carboxylic acid groups (broad SMARTS) is 1. The topological polar surface area (TPSA) is 115 Å². The zero-order valence-corrected chi connectivity index (χ0v) is 22.3. The van der Waals surface area contributed by atoms with Crippen LogP contribution in [0.3, 0.4) is 0 Å². The molecule has 0 spiro atoms. The van der Waals surface area contributed by atoms with Crippen molar-refractivity contribution in [3.05, 3.63) is 47.3 Å². The zero-order chi connectivity index (χ0) is 27.3. The van der Waals surface area contributed by atoms with Crippen LogP contribution in [0.1, 0.15) is 70.1 Å². The Bertz CT molecular complexity index is 1400. The Morgan fingerprint density at radius 2 is 1.95 bits per heavy atom. The molecular formula is C30H34FN3O5. The van der Waals surface area contributed by atoms with Crippen LogP contribution < -0.4 is 0 Å². The van der Waals surface area contributed by atoms with Crippen LogP contribution in [0.15, 0.2) is 30.1 Å². The van der Waals surface area contributed by atoms with Crippen LogP contribution >= 0.6 is 0 Å². The van der Waals surface area contributed by atoms with Gasteiger partial charge in [0.15, 0.2) is 0 Å². The van der Waals surface area contributed by atoms with Crippen LogP contribution in [0.2, 0.25) is 0 Å². The third kappa shape index (κ3) is 3.38. The molecule has 0 aromatic carbocycles. The lowest BCUT2D eigenvalue weighted by molar-refractivity contribution is -0.211. The van der Waals surface area contributed by atoms with Crippen LogP contribution in [-0.2, 0) is 20.7 Å². The number of fused-ring (bicyclic) bond motifs is 6. The number of halogens is 1. The molecule has 0 bridgehead atoms. The molecule has 206 valence electrons. The number of hydrogen-bond acceptors (Lipinski definition) is 6. The lowest BCUT2D eigenvalue weighted by Gasteiger charge is -2.60. The average molecular weight is 536 g/mol. The van der Waals surface area contributed by atoms with E-state index in [1.807, 2.05) is 13.1 Å². The number of aliphatic carboxylic acids is 1. The second kappa shape index (κ2) is 8.22. The van der Waals surface area contributed by atoms with Crippen molar-refractivity contribution in [3.8, 4) is 5.69 Å². The highest BCUT2D eigenvalue weighted by Crippen LogP contribution is 2.68. The molecule has 8 nitrogen and oxygen atoms in total. The largest absolute Gasteiger partial charge is 0.478 e. The number of hydrogen-bond donors (Lipinski definition) is 2. The summed E-state index contributed by atoms with van der Waals surface area (Å²) in [6.45, 7) is 4.17. The van der Waals surface area contributed by atoms with Gasteiger partial charge in [0.25, 0.3) is 0 Å². The quantitative estimate of drug-likeness (QED) is 0.442. The number of ether oxygens (including phenoxy) is 1. The first kappa shape index (κ1) is 24.9. The molecule has 0 saturated heterocycles. The smallest absolute Gasteiger partial charge is 0.348 e. The zero-order valence-electron chi connectivity index (χ0n) is 22.3. The summed E-state index contributed by atoms with van der Waals surface area (Å²) in [5.41, 5.74) is 1.26. The third-order valence-electron chi connectivity index (χ3n) is 11.0. The van der Waals surface area contributed by atoms with Crippen molar-refractivity contribution < 1.29 is 28.9 Å². The lowest BCUT2D eigenvalue weighted by atomic mass is 9.45. The minimum absolute atomic E-state index is 0.0386. The Kier molecular flexibility index (Phi) is 5.26. The number of rotatable bonds is 4. The number of carbonyl (C=O) groups excluding carboxylic acids is 1. The van der Waals surface area contributed by atoms with Crippen molar-refractivity contribution in [1.82, 2.24) is 14.8 Å². The summed E-state index contributed by atoms with van der Waals surface area (Å²) in [5.74, 6) is -2.08. The number of nitrogens with zero attached hydrogens (tertiary/aromatic N) is 3. The molecule has 0 unspecified atom stereocenters. The Labute approximate surface area is 226 Å². The number of pyridine rings is 1. The van der Waals surface area contributed by atoms with E-state index in [0.29, 0.717) is 31.4 Å². The fourth-order valence-electron chi connectivity index (χ4n) is 9.01. The van der Waals surface area contributed by atoms with Crippen molar-refractivity contribution in [3.63, 3.8) is 0 Å². The molecule has 39 heavy (non-hydrogen) atoms. The van der Waals surface area contributed by atoms with Crippen LogP contribution in [0.4, 0.5) is 4.39 Å². The number of aliphatic hydroxyl groups excluding tert-OH is 1. The maximum Gasteiger partial charge on any atom is 0.348 e. The molecular weight excluding hydrogens is 501 g/mol. The first-order valence-corrected chi connectivity index (χ1v) is 14.1. The summed E-state index contributed by atoms with van der Waals surface area (Å²) in [5, 5.41) is 26.9. The van der Waals surface area contributed by atoms with Gasteiger partial charge in [0.1, 0.15) is 0 Å². The van der Waals surface area contributed by atoms with Gasteiger partial charge in [0.2, 0.25) is 11.5 Å². The SMILES string of the molecule is C[C@]12Cc3cnn(-c4ccc(F)nc4)c3C=C1CC[C@@H]1[C@@H]2[C@@H](O)C[C@@]2(C)[C@H]1CC[C@]2(OC(=O)C1CC1)C(=O)O. The van der Waals surface area contributed by atoms with Crippen LogP contribution in [-0.4, -0.2) is 48.6 Å². The fourth-order valence-corrected chi connectivity index (χ4v) is 9.01. The van der Waals surface area contributed by atoms with Gasteiger partial charge in [-0.1, -0.05) is 19.4 Å². The average Bonchev–Trinajstić information content (AvgIpc) is 3.60. The summed E-state index contributed by atoms with van der Waals surface area (Å²) in [7, 11) is 0. The van der Waals surface area contributed by atoms with Gasteiger partial charge in [-0.2, -0.15) is 9.49 Å². The summed E-state index contributed by atoms with van der Waals surface area (Å²) >= 11 is 0. The third-order valence-corrected chi connectivity index (χ3v) is 11.0. The van der Waals surface area contributed by atoms with E-state index in [2.05, 4.69) is 23.1 Å². The molecule has 2 heterocycles. The highest BCUT2D eigenvalue weighted by atomic mass is 19.1. The molecule has 2 aromatic heterocycles. The van der Waals surface area contributed by atoms with Crippen molar-refractivity contribution in [2.75, 3.05) is 0 Å². The lowest BCUT2D eigenvalue weighted by Crippen LogP contribution is -2.63. The van der Waals surface area contributed by atoms with Crippen molar-refractivity contribution in [2.45, 2.75) is 76.9 Å². The number of esters is 1. The van der Waals surface area contributed by atoms with Gasteiger partial charge in [-0.05, 0) is 98.3 Å². The molecule has 2 N–H and O–H groups in total. The second-order valence-electron chi connectivity index (χ2n) is 13.0. The van der Waals surface area contributed by atoms with E-state index in [4.69, 9.17) is 4.74 Å². The molecule has 9 heteroatoms. The first-order chi connectivity index (χ1) is 18.6. The van der Waals surface area contributed by atoms with Gasteiger partial charge in [-0.25, -0.2) is 14.5 Å². The van der Waals surface area contributed by atoms with Crippen LogP contribution in [0, 0.1) is 40.4 Å². The predicted octanol–water partition coefficient (Wildman–Crippen LogP) is 4.34. The van der Waals surface area contributed by atoms with Crippen LogP contribution in [0.5, 0.6) is 0 Å². The van der Waals surface area contributed by atoms with Gasteiger partial charge in [-0.15, -0.1) is 0 Å². The highest BCUT2D eigenvalue weighted by molar-refractivity contribution is 5.85. The maximum absolute atomic E-state index is 13.4. The molecule has 4 fully saturated rings. The van der Waals surface area contributed by atoms with Gasteiger partial charge in [-0.3, -0.25) is 4.79 Å². The Morgan fingerprint density at radius 1 is 1.15 bits per heavy atom. The number of allylic oxidation sites excluding steroid dienone is 1. The van der Waals surface area contributed by atoms with E-state index in [1.54, 1.807) is 10.7 Å². The molecule has 2 aromatic rings. The Hall–Kier alpha value is -3.07. The van der Waals surface area contributed by atoms with E-state index in [9.17, 15) is 24.2 Å². The van der Waals surface area contributed by atoms with E-state index >= 15 is 0 Å². The summed E-state index contributed by atoms with van der Waals surface area (Å²) in [6, 6.07) is 2.99. The van der Waals surface area contributed by atoms with Gasteiger partial charge in [0.05, 0.1) is 35.8 Å². The van der Waals surface area contributed by atoms with E-state index < -0.39 is 35.0 Å². The van der Waals surface area contributed by atoms with Gasteiger partial charge in [0, 0.05) is 5.41 Å². The summed E-state index contributed by atoms with van der Waals surface area (Å²) < 4.78 is 21.1. The molecule has 0 amide bonds. The monoisotopic (exact) mass is 535 g/mol. The minimum Gasteiger partial charge on any atom is -0.478 e. The van der Waals surface area contributed by atoms with Gasteiger partial charge >= 0.3 is 11.9 Å². The number of aliphatic hydroxyl groups is 1. The number of carboxylic acids is 1. The molecule has 7 atom stereocenters. The molecule has 7 rings (SSSR count). The van der Waals surface area contributed by atoms with Crippen molar-refractivity contribution >= 4 is 18.0 Å². The fraction of sp³-hybridized carbons (Fsp3) is 0.600.